The first-order valence-corrected chi connectivity index (χ1v) is 8.21. The highest BCUT2D eigenvalue weighted by atomic mass is 35.5. The summed E-state index contributed by atoms with van der Waals surface area (Å²) in [4.78, 5) is 2.39. The second-order valence-corrected chi connectivity index (χ2v) is 5.71. The Hall–Kier alpha value is -0.910. The highest BCUT2D eigenvalue weighted by Crippen LogP contribution is 2.34. The van der Waals surface area contributed by atoms with Crippen LogP contribution in [0.5, 0.6) is 5.75 Å². The number of nitrogens with zero attached hydrogens (tertiary/aromatic N) is 1. The Morgan fingerprint density at radius 2 is 1.87 bits per heavy atom. The number of benzene rings is 1. The minimum absolute atomic E-state index is 0. The monoisotopic (exact) mass is 348 g/mol. The Bertz CT molecular complexity index is 442. The molecular formula is C17H27ClF2N2O. The Balaban J connectivity index is 0.00000264. The van der Waals surface area contributed by atoms with Gasteiger partial charge in [-0.3, -0.25) is 4.90 Å². The summed E-state index contributed by atoms with van der Waals surface area (Å²) in [5, 5.41) is 3.34. The van der Waals surface area contributed by atoms with Crippen LogP contribution in [-0.4, -0.2) is 37.7 Å². The van der Waals surface area contributed by atoms with Crippen LogP contribution < -0.4 is 10.1 Å². The molecule has 1 aliphatic rings. The van der Waals surface area contributed by atoms with Crippen LogP contribution in [0.1, 0.15) is 44.2 Å². The third kappa shape index (κ3) is 6.24. The first-order chi connectivity index (χ1) is 10.7. The maximum atomic E-state index is 12.7. The number of para-hydroxylation sites is 1. The van der Waals surface area contributed by atoms with Crippen LogP contribution >= 0.6 is 12.4 Å². The van der Waals surface area contributed by atoms with Gasteiger partial charge < -0.3 is 10.1 Å². The predicted octanol–water partition coefficient (Wildman–Crippen LogP) is 4.24. The number of alkyl halides is 2. The first-order valence-electron chi connectivity index (χ1n) is 8.21. The average molecular weight is 349 g/mol. The lowest BCUT2D eigenvalue weighted by atomic mass is 9.97. The molecule has 1 aromatic rings. The molecule has 1 N–H and O–H groups in total. The number of nitrogens with one attached hydrogen (secondary N) is 1. The van der Waals surface area contributed by atoms with Crippen molar-refractivity contribution in [3.63, 3.8) is 0 Å². The third-order valence-electron chi connectivity index (χ3n) is 4.17. The molecule has 1 aromatic carbocycles. The summed E-state index contributed by atoms with van der Waals surface area (Å²) in [5.41, 5.74) is 0.890. The number of halogens is 3. The fourth-order valence-electron chi connectivity index (χ4n) is 3.08. The molecule has 1 heterocycles. The quantitative estimate of drug-likeness (QED) is 0.711. The Kier molecular flexibility index (Phi) is 9.44. The first kappa shape index (κ1) is 20.1. The van der Waals surface area contributed by atoms with Gasteiger partial charge >= 0.3 is 6.61 Å². The van der Waals surface area contributed by atoms with E-state index >= 15 is 0 Å². The van der Waals surface area contributed by atoms with E-state index in [-0.39, 0.29) is 18.4 Å². The molecule has 1 atom stereocenters. The molecule has 1 saturated heterocycles. The van der Waals surface area contributed by atoms with Crippen LogP contribution in [0.4, 0.5) is 8.78 Å². The highest BCUT2D eigenvalue weighted by Gasteiger charge is 2.25. The van der Waals surface area contributed by atoms with Crippen LogP contribution in [0.15, 0.2) is 24.3 Å². The van der Waals surface area contributed by atoms with Gasteiger partial charge in [0.05, 0.1) is 0 Å². The van der Waals surface area contributed by atoms with Crippen LogP contribution in [0.3, 0.4) is 0 Å². The minimum atomic E-state index is -2.78. The SMILES string of the molecule is CCCCC[C@@H](c1ccccc1OC(F)F)N1CCNCC1.Cl. The standard InChI is InChI=1S/C17H26F2N2O.ClH/c1-2-3-4-8-15(21-12-10-20-11-13-21)14-7-5-6-9-16(14)22-17(18)19;/h5-7,9,15,17,20H,2-4,8,10-13H2,1H3;1H/t15-;/m0./s1. The lowest BCUT2D eigenvalue weighted by Crippen LogP contribution is -2.45. The second-order valence-electron chi connectivity index (χ2n) is 5.71. The topological polar surface area (TPSA) is 24.5 Å². The zero-order valence-electron chi connectivity index (χ0n) is 13.6. The van der Waals surface area contributed by atoms with Gasteiger partial charge in [0.2, 0.25) is 0 Å². The second kappa shape index (κ2) is 10.8. The van der Waals surface area contributed by atoms with Crippen LogP contribution in [-0.2, 0) is 0 Å². The lowest BCUT2D eigenvalue weighted by molar-refractivity contribution is -0.0513. The molecule has 6 heteroatoms. The van der Waals surface area contributed by atoms with E-state index < -0.39 is 6.61 Å². The van der Waals surface area contributed by atoms with Crippen molar-refractivity contribution in [2.75, 3.05) is 26.2 Å². The van der Waals surface area contributed by atoms with Gasteiger partial charge in [0.1, 0.15) is 5.75 Å². The van der Waals surface area contributed by atoms with Crippen molar-refractivity contribution in [2.24, 2.45) is 0 Å². The molecule has 0 radical (unpaired) electrons. The number of ether oxygens (including phenoxy) is 1. The molecule has 0 aromatic heterocycles. The summed E-state index contributed by atoms with van der Waals surface area (Å²) < 4.78 is 30.1. The zero-order valence-corrected chi connectivity index (χ0v) is 14.5. The summed E-state index contributed by atoms with van der Waals surface area (Å²) in [5.74, 6) is 0.317. The molecule has 1 aliphatic heterocycles. The summed E-state index contributed by atoms with van der Waals surface area (Å²) in [6, 6.07) is 7.39. The number of hydrogen-bond acceptors (Lipinski definition) is 3. The van der Waals surface area contributed by atoms with E-state index in [1.54, 1.807) is 12.1 Å². The van der Waals surface area contributed by atoms with Gasteiger partial charge in [-0.05, 0) is 12.5 Å². The van der Waals surface area contributed by atoms with Gasteiger partial charge in [0.15, 0.2) is 0 Å². The largest absolute Gasteiger partial charge is 0.434 e. The van der Waals surface area contributed by atoms with Crippen molar-refractivity contribution in [3.8, 4) is 5.75 Å². The van der Waals surface area contributed by atoms with Gasteiger partial charge in [0.25, 0.3) is 0 Å². The van der Waals surface area contributed by atoms with E-state index in [2.05, 4.69) is 17.1 Å². The molecular weight excluding hydrogens is 322 g/mol. The van der Waals surface area contributed by atoms with E-state index in [0.29, 0.717) is 5.75 Å². The molecule has 2 rings (SSSR count). The number of rotatable bonds is 8. The zero-order chi connectivity index (χ0) is 15.8. The van der Waals surface area contributed by atoms with Crippen molar-refractivity contribution in [1.29, 1.82) is 0 Å². The number of piperazine rings is 1. The van der Waals surface area contributed by atoms with E-state index in [0.717, 1.165) is 51.0 Å². The smallest absolute Gasteiger partial charge is 0.387 e. The summed E-state index contributed by atoms with van der Waals surface area (Å²) in [6.45, 7) is 3.18. The molecule has 0 bridgehead atoms. The highest BCUT2D eigenvalue weighted by molar-refractivity contribution is 5.85. The van der Waals surface area contributed by atoms with Crippen LogP contribution in [0, 0.1) is 0 Å². The van der Waals surface area contributed by atoms with Crippen molar-refractivity contribution >= 4 is 12.4 Å². The van der Waals surface area contributed by atoms with Gasteiger partial charge in [0, 0.05) is 37.8 Å². The Labute approximate surface area is 143 Å². The maximum Gasteiger partial charge on any atom is 0.387 e. The van der Waals surface area contributed by atoms with Crippen LogP contribution in [0.25, 0.3) is 0 Å². The third-order valence-corrected chi connectivity index (χ3v) is 4.17. The molecule has 0 aliphatic carbocycles. The molecule has 0 saturated carbocycles. The number of unbranched alkanes of at least 4 members (excludes halogenated alkanes) is 2. The molecule has 0 unspecified atom stereocenters. The lowest BCUT2D eigenvalue weighted by Gasteiger charge is -2.36. The average Bonchev–Trinajstić information content (AvgIpc) is 2.53. The molecule has 1 fully saturated rings. The normalized spacial score (nSPS) is 16.9. The molecule has 0 amide bonds. The fourth-order valence-corrected chi connectivity index (χ4v) is 3.08. The Morgan fingerprint density at radius 1 is 1.17 bits per heavy atom. The minimum Gasteiger partial charge on any atom is -0.434 e. The van der Waals surface area contributed by atoms with Crippen molar-refractivity contribution in [3.05, 3.63) is 29.8 Å². The maximum absolute atomic E-state index is 12.7. The van der Waals surface area contributed by atoms with E-state index in [4.69, 9.17) is 4.74 Å². The van der Waals surface area contributed by atoms with Gasteiger partial charge in [-0.1, -0.05) is 44.4 Å². The van der Waals surface area contributed by atoms with Crippen LogP contribution in [0.2, 0.25) is 0 Å². The van der Waals surface area contributed by atoms with E-state index in [1.165, 1.54) is 6.42 Å². The van der Waals surface area contributed by atoms with Crippen molar-refractivity contribution in [2.45, 2.75) is 45.3 Å². The summed E-state index contributed by atoms with van der Waals surface area (Å²) in [6.07, 6.45) is 4.41. The van der Waals surface area contributed by atoms with Gasteiger partial charge in [-0.15, -0.1) is 12.4 Å². The predicted molar refractivity (Wildman–Crippen MR) is 91.6 cm³/mol. The Morgan fingerprint density at radius 3 is 2.52 bits per heavy atom. The van der Waals surface area contributed by atoms with Crippen molar-refractivity contribution in [1.82, 2.24) is 10.2 Å². The molecule has 0 spiro atoms. The molecule has 23 heavy (non-hydrogen) atoms. The van der Waals surface area contributed by atoms with Gasteiger partial charge in [-0.25, -0.2) is 0 Å². The molecule has 3 nitrogen and oxygen atoms in total. The summed E-state index contributed by atoms with van der Waals surface area (Å²) >= 11 is 0. The van der Waals surface area contributed by atoms with E-state index in [9.17, 15) is 8.78 Å². The van der Waals surface area contributed by atoms with Crippen molar-refractivity contribution < 1.29 is 13.5 Å². The van der Waals surface area contributed by atoms with Gasteiger partial charge in [-0.2, -0.15) is 8.78 Å². The summed E-state index contributed by atoms with van der Waals surface area (Å²) in [7, 11) is 0. The fraction of sp³-hybridized carbons (Fsp3) is 0.647. The molecule has 132 valence electrons. The van der Waals surface area contributed by atoms with E-state index in [1.807, 2.05) is 12.1 Å². The number of hydrogen-bond donors (Lipinski definition) is 1.